The second kappa shape index (κ2) is 11.0. The van der Waals surface area contributed by atoms with E-state index in [1.807, 2.05) is 0 Å². The lowest BCUT2D eigenvalue weighted by Crippen LogP contribution is -2.27. The monoisotopic (exact) mass is 652 g/mol. The van der Waals surface area contributed by atoms with Crippen molar-refractivity contribution in [1.82, 2.24) is 4.57 Å². The molecule has 51 heavy (non-hydrogen) atoms. The minimum Gasteiger partial charge on any atom is -0.456 e. The maximum Gasteiger partial charge on any atom is 0.137 e. The van der Waals surface area contributed by atoms with Gasteiger partial charge in [0.25, 0.3) is 0 Å². The second-order valence-electron chi connectivity index (χ2n) is 13.7. The fourth-order valence-electron chi connectivity index (χ4n) is 8.58. The zero-order valence-corrected chi connectivity index (χ0v) is 27.8. The molecule has 0 bridgehead atoms. The maximum atomic E-state index is 6.55. The first-order valence-electron chi connectivity index (χ1n) is 17.7. The lowest BCUT2D eigenvalue weighted by molar-refractivity contribution is 0.669. The summed E-state index contributed by atoms with van der Waals surface area (Å²) in [6.07, 6.45) is 7.78. The number of anilines is 2. The van der Waals surface area contributed by atoms with Gasteiger partial charge in [-0.25, -0.2) is 0 Å². The van der Waals surface area contributed by atoms with E-state index in [-0.39, 0.29) is 6.04 Å². The number of fused-ring (bicyclic) bond motifs is 9. The van der Waals surface area contributed by atoms with Gasteiger partial charge in [0.15, 0.2) is 0 Å². The molecule has 0 saturated heterocycles. The van der Waals surface area contributed by atoms with Gasteiger partial charge in [0.2, 0.25) is 0 Å². The van der Waals surface area contributed by atoms with Crippen molar-refractivity contribution in [3.05, 3.63) is 182 Å². The van der Waals surface area contributed by atoms with Gasteiger partial charge in [-0.1, -0.05) is 109 Å². The number of rotatable bonds is 4. The van der Waals surface area contributed by atoms with E-state index >= 15 is 0 Å². The van der Waals surface area contributed by atoms with Gasteiger partial charge < -0.3 is 13.9 Å². The van der Waals surface area contributed by atoms with Crippen LogP contribution in [0.15, 0.2) is 180 Å². The highest BCUT2D eigenvalue weighted by Crippen LogP contribution is 2.51. The summed E-state index contributed by atoms with van der Waals surface area (Å²) in [7, 11) is 0. The molecular weight excluding hydrogens is 621 g/mol. The van der Waals surface area contributed by atoms with Crippen LogP contribution in [0.25, 0.3) is 77.3 Å². The van der Waals surface area contributed by atoms with Crippen LogP contribution in [-0.4, -0.2) is 10.6 Å². The molecule has 1 aliphatic carbocycles. The molecule has 0 saturated carbocycles. The van der Waals surface area contributed by atoms with Crippen LogP contribution in [0.1, 0.15) is 12.0 Å². The number of nitrogens with zero attached hydrogens (tertiary/aromatic N) is 2. The molecule has 7 aromatic carbocycles. The van der Waals surface area contributed by atoms with Crippen molar-refractivity contribution in [2.24, 2.45) is 0 Å². The molecule has 11 rings (SSSR count). The van der Waals surface area contributed by atoms with Crippen LogP contribution in [0.5, 0.6) is 0 Å². The van der Waals surface area contributed by atoms with Crippen LogP contribution in [0.4, 0.5) is 11.4 Å². The highest BCUT2D eigenvalue weighted by Gasteiger charge is 2.36. The summed E-state index contributed by atoms with van der Waals surface area (Å²) >= 11 is 0. The molecule has 0 unspecified atom stereocenters. The molecule has 0 radical (unpaired) electrons. The van der Waals surface area contributed by atoms with Gasteiger partial charge in [-0.3, -0.25) is 0 Å². The summed E-state index contributed by atoms with van der Waals surface area (Å²) in [4.78, 5) is 2.55. The van der Waals surface area contributed by atoms with E-state index in [1.54, 1.807) is 0 Å². The van der Waals surface area contributed by atoms with Gasteiger partial charge in [-0.15, -0.1) is 0 Å². The minimum atomic E-state index is 0.214. The van der Waals surface area contributed by atoms with Crippen molar-refractivity contribution in [1.29, 1.82) is 0 Å². The average molecular weight is 653 g/mol. The van der Waals surface area contributed by atoms with Crippen molar-refractivity contribution in [3.8, 4) is 27.9 Å². The third kappa shape index (κ3) is 4.25. The van der Waals surface area contributed by atoms with E-state index in [2.05, 4.69) is 185 Å². The molecule has 3 heteroatoms. The Balaban J connectivity index is 1.05. The largest absolute Gasteiger partial charge is 0.456 e. The van der Waals surface area contributed by atoms with Gasteiger partial charge >= 0.3 is 0 Å². The summed E-state index contributed by atoms with van der Waals surface area (Å²) in [5, 5.41) is 4.84. The van der Waals surface area contributed by atoms with E-state index in [0.717, 1.165) is 33.9 Å². The molecule has 3 heterocycles. The van der Waals surface area contributed by atoms with E-state index in [4.69, 9.17) is 4.42 Å². The van der Waals surface area contributed by atoms with Crippen molar-refractivity contribution >= 4 is 60.7 Å². The van der Waals surface area contributed by atoms with Gasteiger partial charge in [0, 0.05) is 33.1 Å². The predicted octanol–water partition coefficient (Wildman–Crippen LogP) is 12.9. The smallest absolute Gasteiger partial charge is 0.137 e. The first-order valence-corrected chi connectivity index (χ1v) is 17.7. The van der Waals surface area contributed by atoms with Gasteiger partial charge in [0.1, 0.15) is 11.2 Å². The molecule has 240 valence electrons. The number of benzene rings is 7. The van der Waals surface area contributed by atoms with Crippen LogP contribution in [0.2, 0.25) is 0 Å². The van der Waals surface area contributed by atoms with Crippen molar-refractivity contribution in [2.75, 3.05) is 4.90 Å². The molecule has 1 atom stereocenters. The lowest BCUT2D eigenvalue weighted by atomic mass is 9.93. The van der Waals surface area contributed by atoms with Crippen LogP contribution in [0, 0.1) is 0 Å². The average Bonchev–Trinajstić information content (AvgIpc) is 3.85. The molecule has 2 aliphatic rings. The Morgan fingerprint density at radius 2 is 1.25 bits per heavy atom. The Morgan fingerprint density at radius 3 is 2.16 bits per heavy atom. The summed E-state index contributed by atoms with van der Waals surface area (Å²) in [6, 6.07) is 57.2. The molecule has 0 N–H and O–H groups in total. The first kappa shape index (κ1) is 28.3. The zero-order valence-electron chi connectivity index (χ0n) is 27.8. The van der Waals surface area contributed by atoms with E-state index < -0.39 is 0 Å². The number of para-hydroxylation sites is 2. The molecule has 2 aromatic heterocycles. The van der Waals surface area contributed by atoms with Crippen LogP contribution in [-0.2, 0) is 0 Å². The summed E-state index contributed by atoms with van der Waals surface area (Å²) < 4.78 is 8.93. The Bertz CT molecular complexity index is 2890. The van der Waals surface area contributed by atoms with Gasteiger partial charge in [-0.05, 0) is 101 Å². The Hall–Kier alpha value is -6.58. The fraction of sp³-hybridized carbons (Fsp3) is 0.0417. The molecule has 0 amide bonds. The van der Waals surface area contributed by atoms with Crippen LogP contribution >= 0.6 is 0 Å². The molecule has 9 aromatic rings. The van der Waals surface area contributed by atoms with Crippen molar-refractivity contribution in [2.45, 2.75) is 12.5 Å². The third-order valence-corrected chi connectivity index (χ3v) is 10.9. The Morgan fingerprint density at radius 1 is 0.510 bits per heavy atom. The number of aromatic nitrogens is 1. The van der Waals surface area contributed by atoms with Gasteiger partial charge in [0.05, 0.1) is 28.1 Å². The van der Waals surface area contributed by atoms with E-state index in [9.17, 15) is 0 Å². The summed E-state index contributed by atoms with van der Waals surface area (Å²) in [5.41, 5.74) is 15.3. The highest BCUT2D eigenvalue weighted by atomic mass is 16.3. The maximum absolute atomic E-state index is 6.55. The molecular formula is C48H32N2O. The number of hydrogen-bond donors (Lipinski definition) is 0. The van der Waals surface area contributed by atoms with Crippen molar-refractivity contribution < 1.29 is 4.42 Å². The third-order valence-electron chi connectivity index (χ3n) is 10.9. The second-order valence-corrected chi connectivity index (χ2v) is 13.7. The first-order chi connectivity index (χ1) is 25.3. The molecule has 0 fully saturated rings. The summed E-state index contributed by atoms with van der Waals surface area (Å²) in [5.74, 6) is 0. The minimum absolute atomic E-state index is 0.214. The van der Waals surface area contributed by atoms with Crippen LogP contribution < -0.4 is 4.90 Å². The standard InChI is InChI=1S/C48H32N2O/c1-3-12-31(13-4-1)34-22-25-38-47(30-34)51-46-21-11-20-45(48(38)46)50-42-19-10-8-17-37(42)40-29-33(24-27-44(40)50)32-23-26-43-39(28-32)36-16-7-9-18-41(36)49(43)35-14-5-2-6-15-35/h1-18,20-30,42H,19H2/t42-/m1/s1. The number of allylic oxidation sites excluding steroid dienone is 2. The highest BCUT2D eigenvalue weighted by molar-refractivity contribution is 6.15. The molecule has 1 aliphatic heterocycles. The lowest BCUT2D eigenvalue weighted by Gasteiger charge is -2.29. The molecule has 3 nitrogen and oxygen atoms in total. The van der Waals surface area contributed by atoms with Gasteiger partial charge in [-0.2, -0.15) is 0 Å². The normalized spacial score (nSPS) is 15.2. The predicted molar refractivity (Wildman–Crippen MR) is 213 cm³/mol. The Kier molecular flexibility index (Phi) is 6.08. The fourth-order valence-corrected chi connectivity index (χ4v) is 8.58. The number of hydrogen-bond acceptors (Lipinski definition) is 2. The van der Waals surface area contributed by atoms with E-state index in [0.29, 0.717) is 0 Å². The zero-order chi connectivity index (χ0) is 33.5. The quantitative estimate of drug-likeness (QED) is 0.189. The Labute approximate surface area is 295 Å². The van der Waals surface area contributed by atoms with Crippen molar-refractivity contribution in [3.63, 3.8) is 0 Å². The molecule has 0 spiro atoms. The topological polar surface area (TPSA) is 21.3 Å². The van der Waals surface area contributed by atoms with E-state index in [1.165, 1.54) is 66.7 Å². The summed E-state index contributed by atoms with van der Waals surface area (Å²) in [6.45, 7) is 0. The SMILES string of the molecule is C1=CC[C@@H]2C(=C1)c1cc(-c3ccc4c(c3)c3ccccc3n4-c3ccccc3)ccc1N2c1cccc2oc3cc(-c4ccccc4)ccc3c12. The van der Waals surface area contributed by atoms with Crippen LogP contribution in [0.3, 0.4) is 0 Å². The number of furan rings is 1.